The lowest BCUT2D eigenvalue weighted by Crippen LogP contribution is -2.59. The molecule has 2 aromatic rings. The van der Waals surface area contributed by atoms with Gasteiger partial charge in [0, 0.05) is 0 Å². The van der Waals surface area contributed by atoms with E-state index >= 15 is 0 Å². The van der Waals surface area contributed by atoms with E-state index in [9.17, 15) is 19.8 Å². The predicted molar refractivity (Wildman–Crippen MR) is 138 cm³/mol. The van der Waals surface area contributed by atoms with Crippen molar-refractivity contribution >= 4 is 11.8 Å². The van der Waals surface area contributed by atoms with Crippen LogP contribution in [0.4, 0.5) is 0 Å². The van der Waals surface area contributed by atoms with E-state index in [1.807, 2.05) is 60.7 Å². The van der Waals surface area contributed by atoms with Crippen LogP contribution in [0.1, 0.15) is 93.8 Å². The highest BCUT2D eigenvalue weighted by Crippen LogP contribution is 2.46. The fraction of sp³-hybridized carbons (Fsp3) is 0.533. The smallest absolute Gasteiger partial charge is 0.236 e. The Morgan fingerprint density at radius 3 is 1.31 bits per heavy atom. The predicted octanol–water partition coefficient (Wildman–Crippen LogP) is 4.48. The third-order valence-corrected chi connectivity index (χ3v) is 8.91. The van der Waals surface area contributed by atoms with Gasteiger partial charge in [0.1, 0.15) is 5.41 Å². The van der Waals surface area contributed by atoms with E-state index < -0.39 is 28.7 Å². The van der Waals surface area contributed by atoms with E-state index in [0.717, 1.165) is 43.2 Å². The van der Waals surface area contributed by atoms with Gasteiger partial charge in [-0.3, -0.25) is 9.59 Å². The third-order valence-electron chi connectivity index (χ3n) is 8.91. The zero-order valence-electron chi connectivity index (χ0n) is 20.9. The molecular formula is C30H38N2O4. The first-order valence-electron chi connectivity index (χ1n) is 13.5. The summed E-state index contributed by atoms with van der Waals surface area (Å²) in [6.07, 6.45) is 7.81. The van der Waals surface area contributed by atoms with Crippen molar-refractivity contribution in [3.05, 3.63) is 71.8 Å². The van der Waals surface area contributed by atoms with Crippen LogP contribution in [0, 0.1) is 5.41 Å². The van der Waals surface area contributed by atoms with E-state index in [0.29, 0.717) is 38.5 Å². The lowest BCUT2D eigenvalue weighted by Gasteiger charge is -2.47. The number of carbonyl (C=O) groups is 2. The summed E-state index contributed by atoms with van der Waals surface area (Å²) in [7, 11) is 0. The molecule has 0 heterocycles. The Balaban J connectivity index is 1.43. The fourth-order valence-electron chi connectivity index (χ4n) is 6.25. The highest BCUT2D eigenvalue weighted by Gasteiger charge is 2.52. The quantitative estimate of drug-likeness (QED) is 0.410. The normalized spacial score (nSPS) is 23.3. The Morgan fingerprint density at radius 1 is 0.583 bits per heavy atom. The maximum Gasteiger partial charge on any atom is 0.236 e. The number of rotatable bonds is 8. The molecule has 2 aromatic carbocycles. The lowest BCUT2D eigenvalue weighted by atomic mass is 9.69. The second-order valence-corrected chi connectivity index (χ2v) is 11.2. The molecule has 0 bridgehead atoms. The van der Waals surface area contributed by atoms with Gasteiger partial charge in [-0.15, -0.1) is 0 Å². The van der Waals surface area contributed by atoms with Crippen LogP contribution in [0.25, 0.3) is 0 Å². The molecule has 0 spiro atoms. The number of carbonyl (C=O) groups excluding carboxylic acids is 2. The second kappa shape index (κ2) is 9.98. The van der Waals surface area contributed by atoms with Crippen LogP contribution in [0.15, 0.2) is 60.7 Å². The summed E-state index contributed by atoms with van der Waals surface area (Å²) in [4.78, 5) is 28.1. The fourth-order valence-corrected chi connectivity index (χ4v) is 6.25. The Kier molecular flexibility index (Phi) is 6.92. The van der Waals surface area contributed by atoms with Crippen molar-refractivity contribution in [2.24, 2.45) is 5.41 Å². The molecule has 3 aliphatic carbocycles. The number of benzene rings is 2. The summed E-state index contributed by atoms with van der Waals surface area (Å²) in [6.45, 7) is 0. The van der Waals surface area contributed by atoms with Gasteiger partial charge in [-0.1, -0.05) is 79.9 Å². The minimum atomic E-state index is -1.22. The van der Waals surface area contributed by atoms with Crippen LogP contribution in [0.3, 0.4) is 0 Å². The molecule has 5 rings (SSSR count). The minimum Gasteiger partial charge on any atom is -0.387 e. The molecule has 0 unspecified atom stereocenters. The molecule has 6 nitrogen and oxygen atoms in total. The number of nitrogens with one attached hydrogen (secondary N) is 2. The van der Waals surface area contributed by atoms with Crippen LogP contribution in [0.5, 0.6) is 0 Å². The summed E-state index contributed by atoms with van der Waals surface area (Å²) < 4.78 is 0. The number of aliphatic hydroxyl groups is 2. The molecule has 2 amide bonds. The van der Waals surface area contributed by atoms with Gasteiger partial charge in [0.25, 0.3) is 0 Å². The van der Waals surface area contributed by atoms with Crippen molar-refractivity contribution in [3.8, 4) is 0 Å². The topological polar surface area (TPSA) is 98.7 Å². The molecule has 192 valence electrons. The Morgan fingerprint density at radius 2 is 0.972 bits per heavy atom. The SMILES string of the molecule is O=C(N[C@H](c1ccccc1)C1(O)CCC1)C1(C(=O)N[C@H](c2ccccc2)C2(O)CCC2)CCCCC1. The molecule has 0 saturated heterocycles. The number of hydrogen-bond donors (Lipinski definition) is 4. The van der Waals surface area contributed by atoms with Crippen molar-refractivity contribution in [3.63, 3.8) is 0 Å². The van der Waals surface area contributed by atoms with Gasteiger partial charge < -0.3 is 20.8 Å². The standard InChI is InChI=1S/C30H38N2O4/c33-26(31-24(29(35)18-10-19-29)22-12-4-1-5-13-22)28(16-8-3-9-17-28)27(34)32-25(30(36)20-11-21-30)23-14-6-2-7-15-23/h1-2,4-7,12-15,24-25,35-36H,3,8-11,16-21H2,(H,31,33)(H,32,34)/t24-,25-/m1/s1. The average Bonchev–Trinajstić information content (AvgIpc) is 2.88. The van der Waals surface area contributed by atoms with E-state index in [4.69, 9.17) is 0 Å². The van der Waals surface area contributed by atoms with Crippen molar-refractivity contribution in [1.29, 1.82) is 0 Å². The molecule has 6 heteroatoms. The Labute approximate surface area is 213 Å². The molecule has 3 fully saturated rings. The van der Waals surface area contributed by atoms with Gasteiger partial charge in [-0.25, -0.2) is 0 Å². The summed E-state index contributed by atoms with van der Waals surface area (Å²) in [5.41, 5.74) is -1.53. The molecule has 36 heavy (non-hydrogen) atoms. The number of hydrogen-bond acceptors (Lipinski definition) is 4. The second-order valence-electron chi connectivity index (χ2n) is 11.2. The molecule has 0 radical (unpaired) electrons. The first-order valence-corrected chi connectivity index (χ1v) is 13.5. The molecular weight excluding hydrogens is 452 g/mol. The largest absolute Gasteiger partial charge is 0.387 e. The Bertz CT molecular complexity index is 977. The molecule has 3 aliphatic rings. The first kappa shape index (κ1) is 25.0. The van der Waals surface area contributed by atoms with Crippen molar-refractivity contribution < 1.29 is 19.8 Å². The minimum absolute atomic E-state index is 0.318. The van der Waals surface area contributed by atoms with Crippen LogP contribution in [0.2, 0.25) is 0 Å². The van der Waals surface area contributed by atoms with E-state index in [2.05, 4.69) is 10.6 Å². The van der Waals surface area contributed by atoms with Crippen LogP contribution in [-0.4, -0.2) is 33.2 Å². The van der Waals surface area contributed by atoms with E-state index in [1.165, 1.54) is 0 Å². The zero-order valence-corrected chi connectivity index (χ0v) is 20.9. The molecule has 3 saturated carbocycles. The molecule has 2 atom stereocenters. The van der Waals surface area contributed by atoms with Crippen LogP contribution < -0.4 is 10.6 Å². The van der Waals surface area contributed by atoms with Crippen LogP contribution in [-0.2, 0) is 9.59 Å². The molecule has 4 N–H and O–H groups in total. The van der Waals surface area contributed by atoms with Gasteiger partial charge in [0.05, 0.1) is 23.3 Å². The number of amides is 2. The maximum atomic E-state index is 14.0. The summed E-state index contributed by atoms with van der Waals surface area (Å²) >= 11 is 0. The van der Waals surface area contributed by atoms with Crippen molar-refractivity contribution in [2.45, 2.75) is 93.9 Å². The average molecular weight is 491 g/mol. The highest BCUT2D eigenvalue weighted by atomic mass is 16.3. The van der Waals surface area contributed by atoms with Crippen molar-refractivity contribution in [2.75, 3.05) is 0 Å². The first-order chi connectivity index (χ1) is 17.4. The van der Waals surface area contributed by atoms with Gasteiger partial charge in [-0.2, -0.15) is 0 Å². The third kappa shape index (κ3) is 4.57. The molecule has 0 aromatic heterocycles. The maximum absolute atomic E-state index is 14.0. The molecule has 0 aliphatic heterocycles. The van der Waals surface area contributed by atoms with Gasteiger partial charge in [-0.05, 0) is 62.5 Å². The summed E-state index contributed by atoms with van der Waals surface area (Å²) in [5, 5.41) is 28.8. The van der Waals surface area contributed by atoms with Gasteiger partial charge in [0.2, 0.25) is 11.8 Å². The van der Waals surface area contributed by atoms with E-state index in [1.54, 1.807) is 0 Å². The Hall–Kier alpha value is -2.70. The zero-order chi connectivity index (χ0) is 25.2. The van der Waals surface area contributed by atoms with Crippen molar-refractivity contribution in [1.82, 2.24) is 10.6 Å². The van der Waals surface area contributed by atoms with Gasteiger partial charge >= 0.3 is 0 Å². The summed E-state index contributed by atoms with van der Waals surface area (Å²) in [5.74, 6) is -0.637. The summed E-state index contributed by atoms with van der Waals surface area (Å²) in [6, 6.07) is 18.0. The van der Waals surface area contributed by atoms with Gasteiger partial charge in [0.15, 0.2) is 0 Å². The highest BCUT2D eigenvalue weighted by molar-refractivity contribution is 6.05. The van der Waals surface area contributed by atoms with Crippen LogP contribution >= 0.6 is 0 Å². The monoisotopic (exact) mass is 490 g/mol. The van der Waals surface area contributed by atoms with E-state index in [-0.39, 0.29) is 11.8 Å². The lowest BCUT2D eigenvalue weighted by molar-refractivity contribution is -0.152.